The van der Waals surface area contributed by atoms with Crippen molar-refractivity contribution in [3.8, 4) is 6.07 Å². The monoisotopic (exact) mass is 475 g/mol. The van der Waals surface area contributed by atoms with Crippen molar-refractivity contribution in [2.45, 2.75) is 23.9 Å². The van der Waals surface area contributed by atoms with Crippen molar-refractivity contribution in [1.82, 2.24) is 9.55 Å². The van der Waals surface area contributed by atoms with E-state index in [1.54, 1.807) is 31.2 Å². The van der Waals surface area contributed by atoms with Crippen LogP contribution in [0.2, 0.25) is 10.0 Å². The number of carbonyl (C=O) groups is 1. The summed E-state index contributed by atoms with van der Waals surface area (Å²) in [4.78, 5) is 19.1. The zero-order valence-electron chi connectivity index (χ0n) is 16.1. The molecule has 4 rings (SSSR count). The number of fused-ring (bicyclic) bond motifs is 1. The van der Waals surface area contributed by atoms with Crippen molar-refractivity contribution in [2.75, 3.05) is 4.90 Å². The second-order valence-corrected chi connectivity index (χ2v) is 9.69. The first kappa shape index (κ1) is 21.3. The molecule has 2 N–H and O–H groups in total. The van der Waals surface area contributed by atoms with E-state index in [2.05, 4.69) is 4.98 Å². The van der Waals surface area contributed by atoms with Gasteiger partial charge in [0.15, 0.2) is 5.03 Å². The maximum absolute atomic E-state index is 13.7. The van der Waals surface area contributed by atoms with Gasteiger partial charge in [0.2, 0.25) is 5.95 Å². The highest BCUT2D eigenvalue weighted by Crippen LogP contribution is 2.44. The SMILES string of the molecule is CC1(Cc2ccc(C#N)cc2)C(=O)N(c2cc(Cl)cc(Cl)c2)c2ncc(S(N)(=O)=O)n21. The molecule has 2 heterocycles. The number of rotatable bonds is 4. The maximum Gasteiger partial charge on any atom is 0.260 e. The van der Waals surface area contributed by atoms with E-state index in [4.69, 9.17) is 33.6 Å². The Hall–Kier alpha value is -2.90. The van der Waals surface area contributed by atoms with Crippen molar-refractivity contribution in [3.05, 3.63) is 69.8 Å². The first-order valence-electron chi connectivity index (χ1n) is 8.95. The molecule has 158 valence electrons. The van der Waals surface area contributed by atoms with Gasteiger partial charge >= 0.3 is 0 Å². The Kier molecular flexibility index (Phi) is 5.06. The number of nitrogens with zero attached hydrogens (tertiary/aromatic N) is 4. The van der Waals surface area contributed by atoms with E-state index in [0.29, 0.717) is 21.3 Å². The van der Waals surface area contributed by atoms with Crippen LogP contribution in [-0.4, -0.2) is 23.9 Å². The minimum atomic E-state index is -4.18. The number of nitriles is 1. The van der Waals surface area contributed by atoms with Gasteiger partial charge in [-0.2, -0.15) is 5.26 Å². The van der Waals surface area contributed by atoms with Crippen molar-refractivity contribution in [1.29, 1.82) is 5.26 Å². The molecular formula is C20H15Cl2N5O3S. The van der Waals surface area contributed by atoms with E-state index < -0.39 is 21.5 Å². The normalized spacial score (nSPS) is 18.2. The number of aromatic nitrogens is 2. The summed E-state index contributed by atoms with van der Waals surface area (Å²) in [6.07, 6.45) is 1.25. The quantitative estimate of drug-likeness (QED) is 0.619. The van der Waals surface area contributed by atoms with Crippen LogP contribution in [0.15, 0.2) is 53.7 Å². The number of imidazole rings is 1. The number of sulfonamides is 1. The lowest BCUT2D eigenvalue weighted by Crippen LogP contribution is -2.42. The van der Waals surface area contributed by atoms with Crippen molar-refractivity contribution in [2.24, 2.45) is 5.14 Å². The lowest BCUT2D eigenvalue weighted by Gasteiger charge is -2.26. The molecule has 0 bridgehead atoms. The molecule has 1 unspecified atom stereocenters. The first-order valence-corrected chi connectivity index (χ1v) is 11.3. The summed E-state index contributed by atoms with van der Waals surface area (Å²) in [6, 6.07) is 13.3. The van der Waals surface area contributed by atoms with Crippen LogP contribution in [0.1, 0.15) is 18.1 Å². The summed E-state index contributed by atoms with van der Waals surface area (Å²) in [7, 11) is -4.18. The summed E-state index contributed by atoms with van der Waals surface area (Å²) >= 11 is 12.2. The Balaban J connectivity index is 1.91. The molecule has 0 saturated carbocycles. The second-order valence-electron chi connectivity index (χ2n) is 7.30. The zero-order chi connectivity index (χ0) is 22.6. The van der Waals surface area contributed by atoms with Gasteiger partial charge in [-0.3, -0.25) is 9.36 Å². The molecule has 2 aromatic carbocycles. The third-order valence-corrected chi connectivity index (χ3v) is 6.40. The summed E-state index contributed by atoms with van der Waals surface area (Å²) in [5.74, 6) is -0.341. The van der Waals surface area contributed by atoms with Gasteiger partial charge in [-0.05, 0) is 42.8 Å². The standard InChI is InChI=1S/C20H15Cl2N5O3S/c1-20(9-12-2-4-13(10-23)5-3-12)18(28)26(16-7-14(21)6-15(22)8-16)19-25-11-17(27(19)20)31(24,29)30/h2-8,11H,9H2,1H3,(H2,24,29,30). The summed E-state index contributed by atoms with van der Waals surface area (Å²) in [6.45, 7) is 1.61. The molecule has 0 saturated heterocycles. The predicted octanol–water partition coefficient (Wildman–Crippen LogP) is 3.35. The van der Waals surface area contributed by atoms with Gasteiger partial charge in [0.1, 0.15) is 5.54 Å². The van der Waals surface area contributed by atoms with Crippen LogP contribution in [-0.2, 0) is 26.8 Å². The number of nitrogens with two attached hydrogens (primary N) is 1. The van der Waals surface area contributed by atoms with Crippen LogP contribution < -0.4 is 10.0 Å². The molecule has 0 radical (unpaired) electrons. The van der Waals surface area contributed by atoms with Crippen LogP contribution in [0.5, 0.6) is 0 Å². The smallest absolute Gasteiger partial charge is 0.260 e. The number of hydrogen-bond donors (Lipinski definition) is 1. The molecule has 0 aliphatic carbocycles. The molecule has 1 amide bonds. The van der Waals surface area contributed by atoms with Crippen LogP contribution in [0, 0.1) is 11.3 Å². The van der Waals surface area contributed by atoms with E-state index in [1.165, 1.54) is 27.7 Å². The van der Waals surface area contributed by atoms with Gasteiger partial charge in [0.05, 0.1) is 23.5 Å². The van der Waals surface area contributed by atoms with Gasteiger partial charge in [-0.25, -0.2) is 23.4 Å². The van der Waals surface area contributed by atoms with Crippen LogP contribution in [0.4, 0.5) is 11.6 Å². The number of anilines is 2. The summed E-state index contributed by atoms with van der Waals surface area (Å²) in [5.41, 5.74) is 0.173. The van der Waals surface area contributed by atoms with Gasteiger partial charge in [-0.15, -0.1) is 0 Å². The number of amides is 1. The molecule has 31 heavy (non-hydrogen) atoms. The molecule has 1 aromatic heterocycles. The molecule has 1 aliphatic heterocycles. The number of hydrogen-bond acceptors (Lipinski definition) is 5. The van der Waals surface area contributed by atoms with Crippen LogP contribution >= 0.6 is 23.2 Å². The predicted molar refractivity (Wildman–Crippen MR) is 116 cm³/mol. The lowest BCUT2D eigenvalue weighted by atomic mass is 9.91. The molecule has 0 fully saturated rings. The second kappa shape index (κ2) is 7.35. The van der Waals surface area contributed by atoms with Crippen molar-refractivity contribution in [3.63, 3.8) is 0 Å². The zero-order valence-corrected chi connectivity index (χ0v) is 18.4. The lowest BCUT2D eigenvalue weighted by molar-refractivity contribution is -0.124. The Bertz CT molecular complexity index is 1340. The van der Waals surface area contributed by atoms with Gasteiger partial charge < -0.3 is 0 Å². The maximum atomic E-state index is 13.7. The average Bonchev–Trinajstić information content (AvgIpc) is 3.21. The highest BCUT2D eigenvalue weighted by atomic mass is 35.5. The van der Waals surface area contributed by atoms with Gasteiger partial charge in [0.25, 0.3) is 15.9 Å². The van der Waals surface area contributed by atoms with Crippen molar-refractivity contribution >= 4 is 50.8 Å². The van der Waals surface area contributed by atoms with Crippen LogP contribution in [0.25, 0.3) is 0 Å². The van der Waals surface area contributed by atoms with E-state index in [-0.39, 0.29) is 17.4 Å². The summed E-state index contributed by atoms with van der Waals surface area (Å²) < 4.78 is 25.8. The number of primary sulfonamides is 1. The Labute approximate surface area is 188 Å². The van der Waals surface area contributed by atoms with E-state index in [1.807, 2.05) is 6.07 Å². The Morgan fingerprint density at radius 2 is 1.77 bits per heavy atom. The third-order valence-electron chi connectivity index (χ3n) is 5.10. The van der Waals surface area contributed by atoms with Gasteiger partial charge in [0, 0.05) is 16.5 Å². The first-order chi connectivity index (χ1) is 14.5. The summed E-state index contributed by atoms with van der Waals surface area (Å²) in [5, 5.41) is 14.7. The molecule has 0 spiro atoms. The minimum absolute atomic E-state index is 0.0866. The molecule has 8 nitrogen and oxygen atoms in total. The highest BCUT2D eigenvalue weighted by Gasteiger charge is 2.51. The Morgan fingerprint density at radius 3 is 2.32 bits per heavy atom. The molecule has 1 atom stereocenters. The molecule has 11 heteroatoms. The van der Waals surface area contributed by atoms with Crippen LogP contribution in [0.3, 0.4) is 0 Å². The largest absolute Gasteiger partial charge is 0.284 e. The fourth-order valence-corrected chi connectivity index (χ4v) is 4.98. The van der Waals surface area contributed by atoms with E-state index >= 15 is 0 Å². The number of carbonyl (C=O) groups excluding carboxylic acids is 1. The molecule has 1 aliphatic rings. The Morgan fingerprint density at radius 1 is 1.16 bits per heavy atom. The number of benzene rings is 2. The van der Waals surface area contributed by atoms with Gasteiger partial charge in [-0.1, -0.05) is 35.3 Å². The molecular weight excluding hydrogens is 461 g/mol. The number of halogens is 2. The fraction of sp³-hybridized carbons (Fsp3) is 0.150. The van der Waals surface area contributed by atoms with E-state index in [0.717, 1.165) is 11.8 Å². The highest BCUT2D eigenvalue weighted by molar-refractivity contribution is 7.89. The third kappa shape index (κ3) is 3.58. The average molecular weight is 476 g/mol. The minimum Gasteiger partial charge on any atom is -0.284 e. The fourth-order valence-electron chi connectivity index (χ4n) is 3.73. The molecule has 3 aromatic rings. The van der Waals surface area contributed by atoms with Crippen molar-refractivity contribution < 1.29 is 13.2 Å². The van der Waals surface area contributed by atoms with E-state index in [9.17, 15) is 13.2 Å². The topological polar surface area (TPSA) is 122 Å².